The second-order valence-corrected chi connectivity index (χ2v) is 8.96. The smallest absolute Gasteiger partial charge is 0.253 e. The van der Waals surface area contributed by atoms with Crippen molar-refractivity contribution in [3.63, 3.8) is 0 Å². The molecule has 3 aromatic rings. The summed E-state index contributed by atoms with van der Waals surface area (Å²) in [5, 5.41) is 10.0. The normalized spacial score (nSPS) is 14.3. The van der Waals surface area contributed by atoms with Crippen molar-refractivity contribution in [2.75, 3.05) is 19.6 Å². The summed E-state index contributed by atoms with van der Waals surface area (Å²) in [6, 6.07) is 19.8. The van der Waals surface area contributed by atoms with E-state index >= 15 is 0 Å². The molecule has 2 aromatic carbocycles. The van der Waals surface area contributed by atoms with Gasteiger partial charge in [-0.3, -0.25) is 9.59 Å². The van der Waals surface area contributed by atoms with Crippen LogP contribution in [0.25, 0.3) is 17.0 Å². The number of carbonyl (C=O) groups is 2. The summed E-state index contributed by atoms with van der Waals surface area (Å²) in [7, 11) is 0. The SMILES string of the molecule is CCCN(C(=O)/C=C/c1cn(CCC#N)c2ccccc12)C1CCN(C(=O)c2ccccc2)CC1. The molecule has 1 aromatic heterocycles. The van der Waals surface area contributed by atoms with Crippen molar-refractivity contribution in [3.8, 4) is 6.07 Å². The van der Waals surface area contributed by atoms with Crippen LogP contribution in [0, 0.1) is 11.3 Å². The minimum absolute atomic E-state index is 0.00791. The van der Waals surface area contributed by atoms with E-state index in [4.69, 9.17) is 5.26 Å². The number of aryl methyl sites for hydroxylation is 1. The number of aromatic nitrogens is 1. The lowest BCUT2D eigenvalue weighted by Crippen LogP contribution is -2.48. The van der Waals surface area contributed by atoms with E-state index in [1.807, 2.05) is 76.7 Å². The molecule has 35 heavy (non-hydrogen) atoms. The van der Waals surface area contributed by atoms with Crippen molar-refractivity contribution in [3.05, 3.63) is 78.0 Å². The predicted octanol–water partition coefficient (Wildman–Crippen LogP) is 5.11. The highest BCUT2D eigenvalue weighted by molar-refractivity contribution is 5.97. The van der Waals surface area contributed by atoms with Gasteiger partial charge < -0.3 is 14.4 Å². The molecule has 4 rings (SSSR count). The van der Waals surface area contributed by atoms with Crippen molar-refractivity contribution in [2.24, 2.45) is 0 Å². The molecule has 0 N–H and O–H groups in total. The molecule has 1 fully saturated rings. The van der Waals surface area contributed by atoms with E-state index in [2.05, 4.69) is 17.6 Å². The maximum atomic E-state index is 13.3. The van der Waals surface area contributed by atoms with Crippen LogP contribution in [-0.4, -0.2) is 51.9 Å². The third kappa shape index (κ3) is 5.63. The topological polar surface area (TPSA) is 69.3 Å². The largest absolute Gasteiger partial charge is 0.346 e. The standard InChI is InChI=1S/C29H32N4O2/c1-2-18-33(25-15-20-31(21-16-25)29(35)23-9-4-3-5-10-23)28(34)14-13-24-22-32(19-8-17-30)27-12-7-6-11-26(24)27/h3-7,9-14,22,25H,2,8,15-16,18-21H2,1H3/b14-13+. The Labute approximate surface area is 207 Å². The fourth-order valence-electron chi connectivity index (χ4n) is 4.88. The molecular weight excluding hydrogens is 436 g/mol. The van der Waals surface area contributed by atoms with Crippen LogP contribution in [0.2, 0.25) is 0 Å². The molecule has 1 aliphatic rings. The van der Waals surface area contributed by atoms with Gasteiger partial charge in [-0.25, -0.2) is 0 Å². The van der Waals surface area contributed by atoms with Crippen LogP contribution in [0.3, 0.4) is 0 Å². The number of fused-ring (bicyclic) bond motifs is 1. The second kappa shape index (κ2) is 11.5. The average molecular weight is 469 g/mol. The lowest BCUT2D eigenvalue weighted by atomic mass is 10.0. The van der Waals surface area contributed by atoms with E-state index in [9.17, 15) is 9.59 Å². The highest BCUT2D eigenvalue weighted by Crippen LogP contribution is 2.24. The van der Waals surface area contributed by atoms with Gasteiger partial charge in [0.05, 0.1) is 12.5 Å². The number of carbonyl (C=O) groups excluding carboxylic acids is 2. The predicted molar refractivity (Wildman–Crippen MR) is 139 cm³/mol. The van der Waals surface area contributed by atoms with E-state index in [1.54, 1.807) is 6.08 Å². The van der Waals surface area contributed by atoms with Gasteiger partial charge >= 0.3 is 0 Å². The summed E-state index contributed by atoms with van der Waals surface area (Å²) < 4.78 is 2.08. The molecule has 0 atom stereocenters. The fourth-order valence-corrected chi connectivity index (χ4v) is 4.88. The van der Waals surface area contributed by atoms with Gasteiger partial charge in [0.1, 0.15) is 0 Å². The Balaban J connectivity index is 1.44. The van der Waals surface area contributed by atoms with Crippen LogP contribution in [0.15, 0.2) is 66.9 Å². The number of nitriles is 1. The minimum atomic E-state index is 0.00791. The first-order chi connectivity index (χ1) is 17.1. The summed E-state index contributed by atoms with van der Waals surface area (Å²) in [5.41, 5.74) is 2.76. The zero-order chi connectivity index (χ0) is 24.6. The number of nitrogens with zero attached hydrogens (tertiary/aromatic N) is 4. The highest BCUT2D eigenvalue weighted by Gasteiger charge is 2.28. The molecule has 0 spiro atoms. The molecule has 1 saturated heterocycles. The number of rotatable bonds is 8. The summed E-state index contributed by atoms with van der Waals surface area (Å²) in [6.07, 6.45) is 8.48. The Morgan fingerprint density at radius 2 is 1.80 bits per heavy atom. The number of amides is 2. The average Bonchev–Trinajstić information content (AvgIpc) is 3.27. The van der Waals surface area contributed by atoms with Crippen LogP contribution >= 0.6 is 0 Å². The third-order valence-corrected chi connectivity index (χ3v) is 6.65. The molecule has 2 amide bonds. The Morgan fingerprint density at radius 3 is 2.51 bits per heavy atom. The van der Waals surface area contributed by atoms with E-state index in [0.717, 1.165) is 35.7 Å². The summed E-state index contributed by atoms with van der Waals surface area (Å²) in [4.78, 5) is 29.9. The number of para-hydroxylation sites is 1. The number of likely N-dealkylation sites (tertiary alicyclic amines) is 1. The molecule has 0 radical (unpaired) electrons. The summed E-state index contributed by atoms with van der Waals surface area (Å²) in [5.74, 6) is 0.0682. The van der Waals surface area contributed by atoms with Gasteiger partial charge in [-0.05, 0) is 43.5 Å². The first kappa shape index (κ1) is 24.3. The van der Waals surface area contributed by atoms with Gasteiger partial charge in [0.25, 0.3) is 5.91 Å². The lowest BCUT2D eigenvalue weighted by molar-refractivity contribution is -0.129. The van der Waals surface area contributed by atoms with Gasteiger partial charge in [-0.15, -0.1) is 0 Å². The van der Waals surface area contributed by atoms with Gasteiger partial charge in [0, 0.05) is 66.5 Å². The number of piperidine rings is 1. The highest BCUT2D eigenvalue weighted by atomic mass is 16.2. The molecule has 180 valence electrons. The summed E-state index contributed by atoms with van der Waals surface area (Å²) in [6.45, 7) is 4.72. The van der Waals surface area contributed by atoms with E-state index < -0.39 is 0 Å². The van der Waals surface area contributed by atoms with Gasteiger partial charge in [-0.2, -0.15) is 5.26 Å². The number of hydrogen-bond donors (Lipinski definition) is 0. The van der Waals surface area contributed by atoms with E-state index in [0.29, 0.717) is 38.2 Å². The zero-order valence-electron chi connectivity index (χ0n) is 20.3. The Morgan fingerprint density at radius 1 is 1.09 bits per heavy atom. The van der Waals surface area contributed by atoms with Crippen LogP contribution in [0.5, 0.6) is 0 Å². The Kier molecular flexibility index (Phi) is 7.99. The van der Waals surface area contributed by atoms with Crippen molar-refractivity contribution < 1.29 is 9.59 Å². The van der Waals surface area contributed by atoms with Crippen molar-refractivity contribution in [2.45, 2.75) is 45.2 Å². The minimum Gasteiger partial charge on any atom is -0.346 e. The molecule has 6 heteroatoms. The van der Waals surface area contributed by atoms with Crippen LogP contribution in [0.4, 0.5) is 0 Å². The molecule has 0 saturated carbocycles. The van der Waals surface area contributed by atoms with Crippen molar-refractivity contribution in [1.82, 2.24) is 14.4 Å². The van der Waals surface area contributed by atoms with Crippen LogP contribution in [0.1, 0.15) is 48.5 Å². The Bertz CT molecular complexity index is 1230. The number of benzene rings is 2. The molecular formula is C29H32N4O2. The molecule has 2 heterocycles. The van der Waals surface area contributed by atoms with Gasteiger partial charge in [0.2, 0.25) is 5.91 Å². The van der Waals surface area contributed by atoms with Crippen LogP contribution in [-0.2, 0) is 11.3 Å². The van der Waals surface area contributed by atoms with E-state index in [1.165, 1.54) is 0 Å². The lowest BCUT2D eigenvalue weighted by Gasteiger charge is -2.38. The monoisotopic (exact) mass is 468 g/mol. The zero-order valence-corrected chi connectivity index (χ0v) is 20.3. The second-order valence-electron chi connectivity index (χ2n) is 8.96. The third-order valence-electron chi connectivity index (χ3n) is 6.65. The van der Waals surface area contributed by atoms with E-state index in [-0.39, 0.29) is 17.9 Å². The molecule has 0 aliphatic carbocycles. The number of hydrogen-bond acceptors (Lipinski definition) is 3. The molecule has 0 unspecified atom stereocenters. The molecule has 6 nitrogen and oxygen atoms in total. The maximum Gasteiger partial charge on any atom is 0.253 e. The quantitative estimate of drug-likeness (QED) is 0.431. The van der Waals surface area contributed by atoms with Gasteiger partial charge in [-0.1, -0.05) is 43.3 Å². The first-order valence-electron chi connectivity index (χ1n) is 12.4. The molecule has 0 bridgehead atoms. The molecule has 1 aliphatic heterocycles. The Hall–Kier alpha value is -3.85. The first-order valence-corrected chi connectivity index (χ1v) is 12.4. The summed E-state index contributed by atoms with van der Waals surface area (Å²) >= 11 is 0. The maximum absolute atomic E-state index is 13.3. The fraction of sp³-hybridized carbons (Fsp3) is 0.345. The van der Waals surface area contributed by atoms with Crippen molar-refractivity contribution >= 4 is 28.8 Å². The van der Waals surface area contributed by atoms with Crippen molar-refractivity contribution in [1.29, 1.82) is 5.26 Å². The van der Waals surface area contributed by atoms with Crippen LogP contribution < -0.4 is 0 Å². The van der Waals surface area contributed by atoms with Gasteiger partial charge in [0.15, 0.2) is 0 Å².